The van der Waals surface area contributed by atoms with E-state index >= 15 is 0 Å². The molecule has 0 spiro atoms. The molecule has 0 saturated heterocycles. The van der Waals surface area contributed by atoms with Gasteiger partial charge in [0.1, 0.15) is 5.01 Å². The van der Waals surface area contributed by atoms with E-state index in [4.69, 9.17) is 9.47 Å². The topological polar surface area (TPSA) is 73.3 Å². The van der Waals surface area contributed by atoms with E-state index in [2.05, 4.69) is 22.4 Å². The lowest BCUT2D eigenvalue weighted by atomic mass is 10.2. The molecule has 0 bridgehead atoms. The largest absolute Gasteiger partial charge is 0.454 e. The molecule has 3 rings (SSSR count). The molecular formula is C16H17N3O3S. The van der Waals surface area contributed by atoms with E-state index in [1.807, 2.05) is 18.2 Å². The molecule has 1 N–H and O–H groups in total. The first-order chi connectivity index (χ1) is 11.2. The van der Waals surface area contributed by atoms with E-state index < -0.39 is 0 Å². The summed E-state index contributed by atoms with van der Waals surface area (Å²) in [5, 5.41) is 12.2. The lowest BCUT2D eigenvalue weighted by Gasteiger charge is -1.98. The zero-order chi connectivity index (χ0) is 16.1. The van der Waals surface area contributed by atoms with E-state index in [0.717, 1.165) is 35.6 Å². The van der Waals surface area contributed by atoms with Gasteiger partial charge in [-0.3, -0.25) is 10.1 Å². The lowest BCUT2D eigenvalue weighted by molar-refractivity contribution is -0.111. The molecule has 1 aliphatic heterocycles. The first-order valence-corrected chi connectivity index (χ1v) is 8.27. The van der Waals surface area contributed by atoms with Crippen LogP contribution in [-0.2, 0) is 11.2 Å². The van der Waals surface area contributed by atoms with Crippen LogP contribution < -0.4 is 14.8 Å². The number of unbranched alkanes of at least 4 members (excludes halogenated alkanes) is 1. The monoisotopic (exact) mass is 331 g/mol. The summed E-state index contributed by atoms with van der Waals surface area (Å²) < 4.78 is 10.6. The molecule has 120 valence electrons. The van der Waals surface area contributed by atoms with Crippen molar-refractivity contribution in [1.29, 1.82) is 0 Å². The summed E-state index contributed by atoms with van der Waals surface area (Å²) in [6, 6.07) is 5.52. The van der Waals surface area contributed by atoms with E-state index in [9.17, 15) is 4.79 Å². The Morgan fingerprint density at radius 1 is 1.35 bits per heavy atom. The number of ether oxygens (including phenoxy) is 2. The molecule has 7 heteroatoms. The van der Waals surface area contributed by atoms with Gasteiger partial charge in [-0.15, -0.1) is 10.2 Å². The number of hydrogen-bond acceptors (Lipinski definition) is 6. The van der Waals surface area contributed by atoms with Crippen molar-refractivity contribution in [3.05, 3.63) is 34.8 Å². The molecule has 1 amide bonds. The van der Waals surface area contributed by atoms with Gasteiger partial charge in [-0.05, 0) is 30.2 Å². The Bertz CT molecular complexity index is 727. The number of aromatic nitrogens is 2. The van der Waals surface area contributed by atoms with Crippen LogP contribution in [0, 0.1) is 0 Å². The van der Waals surface area contributed by atoms with E-state index in [-0.39, 0.29) is 12.7 Å². The number of nitrogens with zero attached hydrogens (tertiary/aromatic N) is 2. The van der Waals surface area contributed by atoms with Crippen molar-refractivity contribution in [2.75, 3.05) is 12.1 Å². The number of rotatable bonds is 6. The quantitative estimate of drug-likeness (QED) is 0.823. The number of anilines is 1. The van der Waals surface area contributed by atoms with Gasteiger partial charge in [0.05, 0.1) is 0 Å². The second-order valence-corrected chi connectivity index (χ2v) is 6.10. The van der Waals surface area contributed by atoms with Crippen LogP contribution in [0.1, 0.15) is 30.3 Å². The molecule has 1 aliphatic rings. The maximum atomic E-state index is 11.9. The maximum absolute atomic E-state index is 11.9. The highest BCUT2D eigenvalue weighted by atomic mass is 32.1. The third kappa shape index (κ3) is 4.07. The van der Waals surface area contributed by atoms with Crippen molar-refractivity contribution in [3.63, 3.8) is 0 Å². The summed E-state index contributed by atoms with van der Waals surface area (Å²) in [7, 11) is 0. The van der Waals surface area contributed by atoms with Crippen LogP contribution in [0.25, 0.3) is 6.08 Å². The molecular weight excluding hydrogens is 314 g/mol. The van der Waals surface area contributed by atoms with E-state index in [1.165, 1.54) is 17.4 Å². The first-order valence-electron chi connectivity index (χ1n) is 7.45. The fourth-order valence-corrected chi connectivity index (χ4v) is 2.85. The van der Waals surface area contributed by atoms with Crippen molar-refractivity contribution >= 4 is 28.5 Å². The Morgan fingerprint density at radius 2 is 2.22 bits per heavy atom. The molecule has 0 saturated carbocycles. The normalized spacial score (nSPS) is 12.7. The van der Waals surface area contributed by atoms with Crippen LogP contribution in [0.15, 0.2) is 24.3 Å². The van der Waals surface area contributed by atoms with Crippen LogP contribution in [0.4, 0.5) is 5.13 Å². The van der Waals surface area contributed by atoms with E-state index in [1.54, 1.807) is 6.08 Å². The van der Waals surface area contributed by atoms with Crippen molar-refractivity contribution in [1.82, 2.24) is 10.2 Å². The Morgan fingerprint density at radius 3 is 3.09 bits per heavy atom. The highest BCUT2D eigenvalue weighted by molar-refractivity contribution is 7.15. The summed E-state index contributed by atoms with van der Waals surface area (Å²) in [6.45, 7) is 2.37. The number of aryl methyl sites for hydroxylation is 1. The Labute approximate surface area is 138 Å². The fraction of sp³-hybridized carbons (Fsp3) is 0.312. The number of carbonyl (C=O) groups is 1. The number of fused-ring (bicyclic) bond motifs is 1. The van der Waals surface area contributed by atoms with Gasteiger partial charge in [-0.25, -0.2) is 0 Å². The smallest absolute Gasteiger partial charge is 0.250 e. The van der Waals surface area contributed by atoms with Crippen molar-refractivity contribution < 1.29 is 14.3 Å². The van der Waals surface area contributed by atoms with Crippen LogP contribution in [0.2, 0.25) is 0 Å². The zero-order valence-electron chi connectivity index (χ0n) is 12.7. The van der Waals surface area contributed by atoms with Gasteiger partial charge in [0, 0.05) is 12.5 Å². The summed E-state index contributed by atoms with van der Waals surface area (Å²) >= 11 is 1.41. The molecule has 0 radical (unpaired) electrons. The van der Waals surface area contributed by atoms with Gasteiger partial charge >= 0.3 is 0 Å². The summed E-state index contributed by atoms with van der Waals surface area (Å²) in [5.41, 5.74) is 0.866. The van der Waals surface area contributed by atoms with Crippen LogP contribution in [0.5, 0.6) is 11.5 Å². The number of carbonyl (C=O) groups excluding carboxylic acids is 1. The average Bonchev–Trinajstić information content (AvgIpc) is 3.19. The fourth-order valence-electron chi connectivity index (χ4n) is 2.07. The molecule has 1 aromatic heterocycles. The van der Waals surface area contributed by atoms with Crippen LogP contribution >= 0.6 is 11.3 Å². The lowest BCUT2D eigenvalue weighted by Crippen LogP contribution is -2.07. The van der Waals surface area contributed by atoms with E-state index in [0.29, 0.717) is 10.9 Å². The van der Waals surface area contributed by atoms with Crippen molar-refractivity contribution in [3.8, 4) is 11.5 Å². The molecule has 0 unspecified atom stereocenters. The zero-order valence-corrected chi connectivity index (χ0v) is 13.6. The molecule has 2 heterocycles. The minimum Gasteiger partial charge on any atom is -0.454 e. The SMILES string of the molecule is CCCCc1nnc(NC(=O)/C=C/c2ccc3c(c2)OCO3)s1. The average molecular weight is 331 g/mol. The molecule has 0 fully saturated rings. The van der Waals surface area contributed by atoms with Gasteiger partial charge < -0.3 is 9.47 Å². The summed E-state index contributed by atoms with van der Waals surface area (Å²) in [5.74, 6) is 1.18. The minimum atomic E-state index is -0.235. The molecule has 23 heavy (non-hydrogen) atoms. The number of benzene rings is 1. The van der Waals surface area contributed by atoms with Crippen molar-refractivity contribution in [2.24, 2.45) is 0 Å². The highest BCUT2D eigenvalue weighted by Gasteiger charge is 2.12. The van der Waals surface area contributed by atoms with Gasteiger partial charge in [-0.2, -0.15) is 0 Å². The highest BCUT2D eigenvalue weighted by Crippen LogP contribution is 2.32. The third-order valence-corrected chi connectivity index (χ3v) is 4.16. The van der Waals surface area contributed by atoms with Gasteiger partial charge in [0.25, 0.3) is 0 Å². The first kappa shape index (κ1) is 15.5. The standard InChI is InChI=1S/C16H17N3O3S/c1-2-3-4-15-18-19-16(23-15)17-14(20)8-6-11-5-7-12-13(9-11)22-10-21-12/h5-9H,2-4,10H2,1H3,(H,17,19,20)/b8-6+. The van der Waals surface area contributed by atoms with Crippen LogP contribution in [-0.4, -0.2) is 22.9 Å². The Hall–Kier alpha value is -2.41. The molecule has 6 nitrogen and oxygen atoms in total. The van der Waals surface area contributed by atoms with Gasteiger partial charge in [0.15, 0.2) is 11.5 Å². The van der Waals surface area contributed by atoms with Gasteiger partial charge in [0.2, 0.25) is 17.8 Å². The van der Waals surface area contributed by atoms with Gasteiger partial charge in [-0.1, -0.05) is 30.7 Å². The molecule has 0 atom stereocenters. The second-order valence-electron chi connectivity index (χ2n) is 5.04. The maximum Gasteiger partial charge on any atom is 0.250 e. The summed E-state index contributed by atoms with van der Waals surface area (Å²) in [6.07, 6.45) is 6.27. The number of nitrogens with one attached hydrogen (secondary N) is 1. The number of amides is 1. The predicted molar refractivity (Wildman–Crippen MR) is 88.7 cm³/mol. The predicted octanol–water partition coefficient (Wildman–Crippen LogP) is 3.26. The Balaban J connectivity index is 1.57. The van der Waals surface area contributed by atoms with Crippen LogP contribution in [0.3, 0.4) is 0 Å². The third-order valence-electron chi connectivity index (χ3n) is 3.26. The Kier molecular flexibility index (Phi) is 4.87. The minimum absolute atomic E-state index is 0.235. The summed E-state index contributed by atoms with van der Waals surface area (Å²) in [4.78, 5) is 11.9. The molecule has 2 aromatic rings. The molecule has 0 aliphatic carbocycles. The molecule has 1 aromatic carbocycles. The van der Waals surface area contributed by atoms with Crippen molar-refractivity contribution in [2.45, 2.75) is 26.2 Å². The second kappa shape index (κ2) is 7.23. The number of hydrogen-bond donors (Lipinski definition) is 1.